The Balaban J connectivity index is 0.000000367. The number of primary amides is 1. The van der Waals surface area contributed by atoms with Gasteiger partial charge in [-0.05, 0) is 57.0 Å². The van der Waals surface area contributed by atoms with Crippen molar-refractivity contribution in [3.63, 3.8) is 0 Å². The van der Waals surface area contributed by atoms with Crippen molar-refractivity contribution >= 4 is 40.9 Å². The highest BCUT2D eigenvalue weighted by molar-refractivity contribution is 6.01. The predicted molar refractivity (Wildman–Crippen MR) is 157 cm³/mol. The minimum atomic E-state index is -1.03. The quantitative estimate of drug-likeness (QED) is 0.397. The van der Waals surface area contributed by atoms with Crippen LogP contribution in [0.15, 0.2) is 54.7 Å². The SMILES string of the molecule is COc1cc(C(=O)O)ccc1Nc1ncc2c(n1)N(C1CCCC1)CC(C)(C)C(=O)N2C.NC(=O)c1ccccc1. The third-order valence-electron chi connectivity index (χ3n) is 7.35. The monoisotopic (exact) mass is 560 g/mol. The van der Waals surface area contributed by atoms with Gasteiger partial charge in [0.2, 0.25) is 17.8 Å². The highest BCUT2D eigenvalue weighted by Gasteiger charge is 2.41. The summed E-state index contributed by atoms with van der Waals surface area (Å²) in [6, 6.07) is 13.7. The zero-order chi connectivity index (χ0) is 29.7. The van der Waals surface area contributed by atoms with Crippen LogP contribution in [-0.2, 0) is 4.79 Å². The van der Waals surface area contributed by atoms with Gasteiger partial charge in [-0.2, -0.15) is 4.98 Å². The smallest absolute Gasteiger partial charge is 0.335 e. The normalized spacial score (nSPS) is 16.2. The van der Waals surface area contributed by atoms with Gasteiger partial charge >= 0.3 is 5.97 Å². The predicted octanol–water partition coefficient (Wildman–Crippen LogP) is 4.46. The lowest BCUT2D eigenvalue weighted by molar-refractivity contribution is -0.125. The first-order valence-corrected chi connectivity index (χ1v) is 13.5. The summed E-state index contributed by atoms with van der Waals surface area (Å²) in [5, 5.41) is 12.4. The number of benzene rings is 2. The van der Waals surface area contributed by atoms with Crippen LogP contribution >= 0.6 is 0 Å². The van der Waals surface area contributed by atoms with Crippen LogP contribution in [0.3, 0.4) is 0 Å². The number of anilines is 4. The molecule has 4 N–H and O–H groups in total. The molecule has 0 unspecified atom stereocenters. The zero-order valence-corrected chi connectivity index (χ0v) is 23.8. The van der Waals surface area contributed by atoms with Crippen LogP contribution in [0.2, 0.25) is 0 Å². The summed E-state index contributed by atoms with van der Waals surface area (Å²) in [5.74, 6) is 0.0962. The Kier molecular flexibility index (Phi) is 8.75. The second kappa shape index (κ2) is 12.2. The van der Waals surface area contributed by atoms with Crippen molar-refractivity contribution < 1.29 is 24.2 Å². The third-order valence-corrected chi connectivity index (χ3v) is 7.35. The molecule has 1 aliphatic heterocycles. The van der Waals surface area contributed by atoms with Gasteiger partial charge < -0.3 is 30.7 Å². The number of nitrogens with one attached hydrogen (secondary N) is 1. The number of amides is 2. The average molecular weight is 561 g/mol. The van der Waals surface area contributed by atoms with E-state index in [9.17, 15) is 19.5 Å². The number of carbonyl (C=O) groups excluding carboxylic acids is 2. The molecule has 1 aromatic heterocycles. The van der Waals surface area contributed by atoms with Crippen molar-refractivity contribution in [3.8, 4) is 5.75 Å². The number of nitrogens with two attached hydrogens (primary N) is 1. The third kappa shape index (κ3) is 6.56. The molecule has 0 spiro atoms. The van der Waals surface area contributed by atoms with Crippen molar-refractivity contribution in [2.45, 2.75) is 45.6 Å². The van der Waals surface area contributed by atoms with E-state index in [1.807, 2.05) is 19.9 Å². The molecule has 41 heavy (non-hydrogen) atoms. The van der Waals surface area contributed by atoms with Crippen LogP contribution in [0, 0.1) is 5.41 Å². The first-order chi connectivity index (χ1) is 19.5. The molecule has 2 heterocycles. The van der Waals surface area contributed by atoms with Gasteiger partial charge in [-0.1, -0.05) is 31.0 Å². The highest BCUT2D eigenvalue weighted by Crippen LogP contribution is 2.40. The van der Waals surface area contributed by atoms with E-state index in [0.29, 0.717) is 41.2 Å². The number of nitrogens with zero attached hydrogens (tertiary/aromatic N) is 4. The van der Waals surface area contributed by atoms with Gasteiger partial charge in [-0.15, -0.1) is 0 Å². The fourth-order valence-corrected chi connectivity index (χ4v) is 5.17. The Morgan fingerprint density at radius 3 is 2.37 bits per heavy atom. The molecule has 0 radical (unpaired) electrons. The molecule has 2 amide bonds. The number of fused-ring (bicyclic) bond motifs is 1. The molecule has 1 aliphatic carbocycles. The van der Waals surface area contributed by atoms with E-state index in [2.05, 4.69) is 15.2 Å². The molecular weight excluding hydrogens is 524 g/mol. The van der Waals surface area contributed by atoms with Crippen LogP contribution < -0.4 is 25.6 Å². The lowest BCUT2D eigenvalue weighted by Crippen LogP contribution is -2.45. The Bertz CT molecular complexity index is 1420. The molecule has 0 saturated heterocycles. The second-order valence-electron chi connectivity index (χ2n) is 10.8. The summed E-state index contributed by atoms with van der Waals surface area (Å²) < 4.78 is 5.36. The Hall–Kier alpha value is -4.67. The molecule has 0 atom stereocenters. The summed E-state index contributed by atoms with van der Waals surface area (Å²) in [4.78, 5) is 48.0. The molecule has 11 nitrogen and oxygen atoms in total. The molecule has 11 heteroatoms. The van der Waals surface area contributed by atoms with Gasteiger partial charge in [0.05, 0.1) is 30.0 Å². The van der Waals surface area contributed by atoms with Gasteiger partial charge in [-0.3, -0.25) is 9.59 Å². The fourth-order valence-electron chi connectivity index (χ4n) is 5.17. The minimum Gasteiger partial charge on any atom is -0.495 e. The van der Waals surface area contributed by atoms with Crippen molar-refractivity contribution in [3.05, 3.63) is 65.9 Å². The molecule has 1 fully saturated rings. The molecule has 5 rings (SSSR count). The summed E-state index contributed by atoms with van der Waals surface area (Å²) in [7, 11) is 3.25. The summed E-state index contributed by atoms with van der Waals surface area (Å²) >= 11 is 0. The van der Waals surface area contributed by atoms with Crippen molar-refractivity contribution in [1.29, 1.82) is 0 Å². The molecule has 2 aliphatic rings. The van der Waals surface area contributed by atoms with Gasteiger partial charge in [0.25, 0.3) is 0 Å². The maximum Gasteiger partial charge on any atom is 0.335 e. The molecule has 216 valence electrons. The van der Waals surface area contributed by atoms with E-state index < -0.39 is 11.4 Å². The Morgan fingerprint density at radius 2 is 1.78 bits per heavy atom. The summed E-state index contributed by atoms with van der Waals surface area (Å²) in [6.45, 7) is 4.53. The molecule has 3 aromatic rings. The highest BCUT2D eigenvalue weighted by atomic mass is 16.5. The number of methoxy groups -OCH3 is 1. The van der Waals surface area contributed by atoms with Crippen molar-refractivity contribution in [1.82, 2.24) is 9.97 Å². The largest absolute Gasteiger partial charge is 0.495 e. The van der Waals surface area contributed by atoms with Crippen LogP contribution in [0.4, 0.5) is 23.1 Å². The van der Waals surface area contributed by atoms with E-state index >= 15 is 0 Å². The van der Waals surface area contributed by atoms with E-state index in [4.69, 9.17) is 15.5 Å². The van der Waals surface area contributed by atoms with E-state index in [-0.39, 0.29) is 17.4 Å². The van der Waals surface area contributed by atoms with E-state index in [1.54, 1.807) is 48.5 Å². The maximum atomic E-state index is 13.1. The number of carboxylic acid groups (broad SMARTS) is 1. The van der Waals surface area contributed by atoms with Crippen LogP contribution in [-0.4, -0.2) is 59.6 Å². The molecular formula is C30H36N6O5. The number of hydrogen-bond acceptors (Lipinski definition) is 8. The van der Waals surface area contributed by atoms with Crippen molar-refractivity contribution in [2.24, 2.45) is 11.1 Å². The Labute approximate surface area is 239 Å². The lowest BCUT2D eigenvalue weighted by atomic mass is 9.91. The van der Waals surface area contributed by atoms with Crippen LogP contribution in [0.25, 0.3) is 0 Å². The van der Waals surface area contributed by atoms with E-state index in [1.165, 1.54) is 32.1 Å². The number of aromatic carboxylic acids is 1. The maximum absolute atomic E-state index is 13.1. The standard InChI is InChI=1S/C23H29N5O4.C7H7NO/c1-23(2)13-28(15-7-5-6-8-15)19-17(27(3)21(23)31)12-24-22(26-19)25-16-10-9-14(20(29)30)11-18(16)32-4;8-7(9)6-4-2-1-3-5-6/h9-12,15H,5-8,13H2,1-4H3,(H,29,30)(H,24,25,26);1-5H,(H2,8,9). The number of ether oxygens (including phenoxy) is 1. The first kappa shape index (κ1) is 29.3. The van der Waals surface area contributed by atoms with Crippen LogP contribution in [0.1, 0.15) is 60.2 Å². The van der Waals surface area contributed by atoms with Gasteiger partial charge in [-0.25, -0.2) is 9.78 Å². The molecule has 2 aromatic carbocycles. The number of rotatable bonds is 6. The minimum absolute atomic E-state index is 0.0366. The fraction of sp³-hybridized carbons (Fsp3) is 0.367. The molecule has 0 bridgehead atoms. The number of carbonyl (C=O) groups is 3. The molecule has 1 saturated carbocycles. The average Bonchev–Trinajstić information content (AvgIpc) is 3.49. The number of hydrogen-bond donors (Lipinski definition) is 3. The first-order valence-electron chi connectivity index (χ1n) is 13.5. The number of aromatic nitrogens is 2. The van der Waals surface area contributed by atoms with Crippen molar-refractivity contribution in [2.75, 3.05) is 35.8 Å². The summed E-state index contributed by atoms with van der Waals surface area (Å²) in [6.07, 6.45) is 6.16. The topological polar surface area (TPSA) is 151 Å². The lowest BCUT2D eigenvalue weighted by Gasteiger charge is -2.34. The van der Waals surface area contributed by atoms with Gasteiger partial charge in [0.1, 0.15) is 11.4 Å². The van der Waals surface area contributed by atoms with Crippen LogP contribution in [0.5, 0.6) is 5.75 Å². The summed E-state index contributed by atoms with van der Waals surface area (Å²) in [5.41, 5.74) is 6.35. The number of carboxylic acids is 1. The van der Waals surface area contributed by atoms with Gasteiger partial charge in [0, 0.05) is 25.2 Å². The second-order valence-corrected chi connectivity index (χ2v) is 10.8. The van der Waals surface area contributed by atoms with Gasteiger partial charge in [0.15, 0.2) is 5.82 Å². The van der Waals surface area contributed by atoms with E-state index in [0.717, 1.165) is 18.7 Å². The Morgan fingerprint density at radius 1 is 1.10 bits per heavy atom. The zero-order valence-electron chi connectivity index (χ0n) is 23.8.